The molecule has 0 aromatic rings. The Morgan fingerprint density at radius 1 is 1.62 bits per heavy atom. The Morgan fingerprint density at radius 3 is 2.25 bits per heavy atom. The molecule has 1 N–H and O–H groups in total. The zero-order chi connectivity index (χ0) is 6.57. The van der Waals surface area contributed by atoms with Crippen molar-refractivity contribution in [3.05, 3.63) is 0 Å². The number of nitrogens with one attached hydrogen (secondary N) is 1. The van der Waals surface area contributed by atoms with Crippen molar-refractivity contribution in [2.24, 2.45) is 0 Å². The van der Waals surface area contributed by atoms with Crippen molar-refractivity contribution >= 4 is 33.4 Å². The lowest BCUT2D eigenvalue weighted by Gasteiger charge is -2.11. The molecule has 0 spiro atoms. The SMILES string of the molecule is CCNC([SiH3])C(Cl)Cl. The maximum atomic E-state index is 5.54. The van der Waals surface area contributed by atoms with Crippen molar-refractivity contribution in [2.45, 2.75) is 17.4 Å². The maximum absolute atomic E-state index is 5.54. The molecule has 0 aliphatic carbocycles. The van der Waals surface area contributed by atoms with E-state index >= 15 is 0 Å². The van der Waals surface area contributed by atoms with Gasteiger partial charge in [0.15, 0.2) is 0 Å². The Bertz CT molecular complexity index is 60.0. The average molecular weight is 172 g/mol. The maximum Gasteiger partial charge on any atom is 0.119 e. The molecule has 0 fully saturated rings. The topological polar surface area (TPSA) is 12.0 Å². The van der Waals surface area contributed by atoms with Gasteiger partial charge in [-0.1, -0.05) is 6.92 Å². The molecule has 0 heterocycles. The van der Waals surface area contributed by atoms with E-state index in [0.29, 0.717) is 5.67 Å². The summed E-state index contributed by atoms with van der Waals surface area (Å²) in [7, 11) is 1.01. The van der Waals surface area contributed by atoms with Crippen LogP contribution in [0.2, 0.25) is 0 Å². The molecule has 0 aliphatic heterocycles. The van der Waals surface area contributed by atoms with Crippen LogP contribution in [0.4, 0.5) is 0 Å². The molecule has 0 bridgehead atoms. The lowest BCUT2D eigenvalue weighted by molar-refractivity contribution is 0.697. The third-order valence-electron chi connectivity index (χ3n) is 0.904. The molecule has 0 aromatic carbocycles. The molecule has 0 saturated heterocycles. The van der Waals surface area contributed by atoms with Gasteiger partial charge in [0.25, 0.3) is 0 Å². The van der Waals surface area contributed by atoms with Crippen LogP contribution in [0.25, 0.3) is 0 Å². The lowest BCUT2D eigenvalue weighted by atomic mass is 10.6. The Balaban J connectivity index is 3.17. The van der Waals surface area contributed by atoms with Gasteiger partial charge in [0.05, 0.1) is 0 Å². The number of hydrogen-bond acceptors (Lipinski definition) is 1. The highest BCUT2D eigenvalue weighted by Crippen LogP contribution is 2.03. The molecule has 0 rings (SSSR count). The van der Waals surface area contributed by atoms with E-state index in [-0.39, 0.29) is 4.84 Å². The Hall–Kier alpha value is 0.757. The number of alkyl halides is 2. The van der Waals surface area contributed by atoms with Gasteiger partial charge < -0.3 is 5.32 Å². The zero-order valence-electron chi connectivity index (χ0n) is 5.12. The van der Waals surface area contributed by atoms with E-state index in [1.807, 2.05) is 6.92 Å². The molecule has 0 aromatic heterocycles. The van der Waals surface area contributed by atoms with Crippen LogP contribution in [0.5, 0.6) is 0 Å². The number of rotatable bonds is 3. The molecular weight excluding hydrogens is 161 g/mol. The van der Waals surface area contributed by atoms with Crippen molar-refractivity contribution in [3.63, 3.8) is 0 Å². The van der Waals surface area contributed by atoms with Crippen LogP contribution in [0.15, 0.2) is 0 Å². The molecule has 8 heavy (non-hydrogen) atoms. The first-order chi connectivity index (χ1) is 3.68. The fourth-order valence-corrected chi connectivity index (χ4v) is 0.997. The van der Waals surface area contributed by atoms with Crippen LogP contribution in [0.3, 0.4) is 0 Å². The molecule has 50 valence electrons. The monoisotopic (exact) mass is 171 g/mol. The Morgan fingerprint density at radius 2 is 2.12 bits per heavy atom. The predicted octanol–water partition coefficient (Wildman–Crippen LogP) is 0.0911. The summed E-state index contributed by atoms with van der Waals surface area (Å²) in [5.74, 6) is 0. The van der Waals surface area contributed by atoms with Crippen molar-refractivity contribution in [1.82, 2.24) is 5.32 Å². The van der Waals surface area contributed by atoms with Crippen LogP contribution in [0.1, 0.15) is 6.92 Å². The summed E-state index contributed by atoms with van der Waals surface area (Å²) in [6.45, 7) is 2.99. The highest BCUT2D eigenvalue weighted by Gasteiger charge is 2.07. The van der Waals surface area contributed by atoms with Crippen LogP contribution < -0.4 is 5.32 Å². The summed E-state index contributed by atoms with van der Waals surface area (Å²) in [6, 6.07) is 0. The van der Waals surface area contributed by atoms with E-state index in [0.717, 1.165) is 16.8 Å². The summed E-state index contributed by atoms with van der Waals surface area (Å²) < 4.78 is 0. The lowest BCUT2D eigenvalue weighted by Crippen LogP contribution is -2.34. The first-order valence-corrected chi connectivity index (χ1v) is 4.72. The van der Waals surface area contributed by atoms with Gasteiger partial charge in [-0.25, -0.2) is 0 Å². The van der Waals surface area contributed by atoms with Gasteiger partial charge >= 0.3 is 0 Å². The second kappa shape index (κ2) is 4.62. The molecule has 0 radical (unpaired) electrons. The Labute approximate surface area is 63.2 Å². The van der Waals surface area contributed by atoms with E-state index in [2.05, 4.69) is 5.32 Å². The van der Waals surface area contributed by atoms with E-state index in [9.17, 15) is 0 Å². The summed E-state index contributed by atoms with van der Waals surface area (Å²) in [6.07, 6.45) is 0. The van der Waals surface area contributed by atoms with E-state index in [4.69, 9.17) is 23.2 Å². The van der Waals surface area contributed by atoms with Crippen molar-refractivity contribution in [3.8, 4) is 0 Å². The summed E-state index contributed by atoms with van der Waals surface area (Å²) in [5, 5.41) is 3.14. The molecule has 0 saturated carbocycles. The van der Waals surface area contributed by atoms with Crippen LogP contribution >= 0.6 is 23.2 Å². The standard InChI is InChI=1S/C4H11Cl2NSi/c1-2-7-4(8)3(5)6/h3-4,7H,2H2,1,8H3. The zero-order valence-corrected chi connectivity index (χ0v) is 8.63. The fraction of sp³-hybridized carbons (Fsp3) is 1.00. The fourth-order valence-electron chi connectivity index (χ4n) is 0.411. The van der Waals surface area contributed by atoms with E-state index < -0.39 is 0 Å². The summed E-state index contributed by atoms with van der Waals surface area (Å²) >= 11 is 11.1. The Kier molecular flexibility index (Phi) is 5.06. The summed E-state index contributed by atoms with van der Waals surface area (Å²) in [4.78, 5) is -0.235. The largest absolute Gasteiger partial charge is 0.315 e. The van der Waals surface area contributed by atoms with Gasteiger partial charge in [-0.3, -0.25) is 0 Å². The quantitative estimate of drug-likeness (QED) is 0.470. The number of halogens is 2. The minimum absolute atomic E-state index is 0.235. The van der Waals surface area contributed by atoms with Crippen LogP contribution in [-0.2, 0) is 0 Å². The van der Waals surface area contributed by atoms with E-state index in [1.165, 1.54) is 0 Å². The highest BCUT2D eigenvalue weighted by molar-refractivity contribution is 6.47. The van der Waals surface area contributed by atoms with Gasteiger partial charge in [0.1, 0.15) is 4.84 Å². The predicted molar refractivity (Wildman–Crippen MR) is 42.9 cm³/mol. The van der Waals surface area contributed by atoms with Gasteiger partial charge in [-0.15, -0.1) is 23.2 Å². The van der Waals surface area contributed by atoms with Crippen molar-refractivity contribution in [1.29, 1.82) is 0 Å². The molecule has 1 unspecified atom stereocenters. The van der Waals surface area contributed by atoms with Crippen LogP contribution in [-0.4, -0.2) is 27.3 Å². The molecular formula is C4H11Cl2NSi. The third-order valence-corrected chi connectivity index (χ3v) is 3.58. The van der Waals surface area contributed by atoms with Crippen molar-refractivity contribution in [2.75, 3.05) is 6.54 Å². The molecule has 4 heteroatoms. The van der Waals surface area contributed by atoms with E-state index in [1.54, 1.807) is 0 Å². The summed E-state index contributed by atoms with van der Waals surface area (Å²) in [5.41, 5.74) is 0.336. The van der Waals surface area contributed by atoms with Gasteiger partial charge in [0.2, 0.25) is 0 Å². The normalized spacial score (nSPS) is 15.0. The van der Waals surface area contributed by atoms with Gasteiger partial charge in [-0.05, 0) is 6.54 Å². The second-order valence-corrected chi connectivity index (χ2v) is 4.09. The number of hydrogen-bond donors (Lipinski definition) is 1. The molecule has 1 atom stereocenters. The third kappa shape index (κ3) is 3.72. The van der Waals surface area contributed by atoms with Gasteiger partial charge in [0, 0.05) is 15.9 Å². The molecule has 0 amide bonds. The van der Waals surface area contributed by atoms with Crippen molar-refractivity contribution < 1.29 is 0 Å². The second-order valence-electron chi connectivity index (χ2n) is 1.68. The first kappa shape index (κ1) is 8.76. The highest BCUT2D eigenvalue weighted by atomic mass is 35.5. The average Bonchev–Trinajstić information content (AvgIpc) is 1.67. The molecule has 1 nitrogen and oxygen atoms in total. The van der Waals surface area contributed by atoms with Crippen LogP contribution in [0, 0.1) is 0 Å². The smallest absolute Gasteiger partial charge is 0.119 e. The molecule has 0 aliphatic rings. The van der Waals surface area contributed by atoms with Gasteiger partial charge in [-0.2, -0.15) is 0 Å². The minimum Gasteiger partial charge on any atom is -0.315 e. The first-order valence-electron chi connectivity index (χ1n) is 2.70. The minimum atomic E-state index is -0.235.